The van der Waals surface area contributed by atoms with Crippen molar-refractivity contribution in [3.8, 4) is 5.75 Å². The van der Waals surface area contributed by atoms with Gasteiger partial charge in [-0.3, -0.25) is 0 Å². The van der Waals surface area contributed by atoms with Crippen molar-refractivity contribution in [1.29, 1.82) is 0 Å². The third-order valence-electron chi connectivity index (χ3n) is 3.19. The van der Waals surface area contributed by atoms with E-state index in [9.17, 15) is 0 Å². The van der Waals surface area contributed by atoms with E-state index in [2.05, 4.69) is 26.2 Å². The molecule has 0 aliphatic heterocycles. The molecule has 0 bridgehead atoms. The topological polar surface area (TPSA) is 34.1 Å². The normalized spacial score (nSPS) is 10.6. The Hall–Kier alpha value is -1.78. The Balaban J connectivity index is 2.11. The third-order valence-corrected chi connectivity index (χ3v) is 4.59. The van der Waals surface area contributed by atoms with Gasteiger partial charge in [0, 0.05) is 21.4 Å². The molecular formula is C16H12BrClN2O. The van der Waals surface area contributed by atoms with Crippen molar-refractivity contribution in [1.82, 2.24) is 4.98 Å². The number of benzene rings is 2. The second-order valence-corrected chi connectivity index (χ2v) is 5.64. The Labute approximate surface area is 136 Å². The molecule has 0 saturated heterocycles. The summed E-state index contributed by atoms with van der Waals surface area (Å²) in [4.78, 5) is 4.42. The van der Waals surface area contributed by atoms with Crippen LogP contribution in [0.4, 0.5) is 11.5 Å². The van der Waals surface area contributed by atoms with Crippen molar-refractivity contribution < 1.29 is 4.74 Å². The van der Waals surface area contributed by atoms with E-state index in [0.717, 1.165) is 32.5 Å². The number of para-hydroxylation sites is 2. The highest BCUT2D eigenvalue weighted by molar-refractivity contribution is 9.10. The number of rotatable bonds is 3. The Bertz CT molecular complexity index is 807. The molecule has 106 valence electrons. The summed E-state index contributed by atoms with van der Waals surface area (Å²) in [5.74, 6) is 1.53. The summed E-state index contributed by atoms with van der Waals surface area (Å²) in [6, 6.07) is 13.5. The van der Waals surface area contributed by atoms with Crippen LogP contribution < -0.4 is 10.1 Å². The number of anilines is 2. The van der Waals surface area contributed by atoms with Crippen LogP contribution in [-0.4, -0.2) is 12.1 Å². The minimum atomic E-state index is 0.678. The first-order valence-corrected chi connectivity index (χ1v) is 7.50. The van der Waals surface area contributed by atoms with Gasteiger partial charge in [0.25, 0.3) is 0 Å². The Morgan fingerprint density at radius 2 is 1.90 bits per heavy atom. The zero-order valence-corrected chi connectivity index (χ0v) is 13.6. The van der Waals surface area contributed by atoms with Crippen molar-refractivity contribution in [3.05, 3.63) is 58.2 Å². The zero-order valence-electron chi connectivity index (χ0n) is 11.2. The van der Waals surface area contributed by atoms with Crippen molar-refractivity contribution in [3.63, 3.8) is 0 Å². The number of nitrogens with one attached hydrogen (secondary N) is 1. The highest BCUT2D eigenvalue weighted by Gasteiger charge is 2.09. The summed E-state index contributed by atoms with van der Waals surface area (Å²) >= 11 is 9.66. The number of hydrogen-bond donors (Lipinski definition) is 1. The first-order valence-electron chi connectivity index (χ1n) is 6.33. The van der Waals surface area contributed by atoms with E-state index in [1.807, 2.05) is 42.5 Å². The van der Waals surface area contributed by atoms with E-state index in [0.29, 0.717) is 5.02 Å². The number of hydrogen-bond acceptors (Lipinski definition) is 3. The van der Waals surface area contributed by atoms with E-state index in [1.54, 1.807) is 13.3 Å². The van der Waals surface area contributed by atoms with Gasteiger partial charge in [0.2, 0.25) is 0 Å². The number of pyridine rings is 1. The van der Waals surface area contributed by atoms with Gasteiger partial charge in [0.1, 0.15) is 11.6 Å². The minimum absolute atomic E-state index is 0.678. The molecule has 0 unspecified atom stereocenters. The minimum Gasteiger partial charge on any atom is -0.495 e. The number of methoxy groups -OCH3 is 1. The lowest BCUT2D eigenvalue weighted by Gasteiger charge is -2.12. The van der Waals surface area contributed by atoms with Gasteiger partial charge in [0.05, 0.1) is 17.8 Å². The van der Waals surface area contributed by atoms with Crippen LogP contribution in [0.5, 0.6) is 5.75 Å². The summed E-state index contributed by atoms with van der Waals surface area (Å²) in [7, 11) is 1.65. The largest absolute Gasteiger partial charge is 0.495 e. The van der Waals surface area contributed by atoms with Crippen molar-refractivity contribution in [2.75, 3.05) is 12.4 Å². The number of ether oxygens (including phenoxy) is 1. The first-order chi connectivity index (χ1) is 10.2. The van der Waals surface area contributed by atoms with Gasteiger partial charge < -0.3 is 10.1 Å². The monoisotopic (exact) mass is 362 g/mol. The second-order valence-electron chi connectivity index (χ2n) is 4.44. The summed E-state index contributed by atoms with van der Waals surface area (Å²) < 4.78 is 6.22. The maximum atomic E-state index is 6.14. The Kier molecular flexibility index (Phi) is 3.99. The summed E-state index contributed by atoms with van der Waals surface area (Å²) in [5.41, 5.74) is 0.867. The Morgan fingerprint density at radius 1 is 1.10 bits per heavy atom. The molecule has 1 N–H and O–H groups in total. The maximum Gasteiger partial charge on any atom is 0.142 e. The molecule has 0 amide bonds. The van der Waals surface area contributed by atoms with Gasteiger partial charge in [-0.05, 0) is 46.3 Å². The Morgan fingerprint density at radius 3 is 2.71 bits per heavy atom. The first kappa shape index (κ1) is 14.2. The van der Waals surface area contributed by atoms with E-state index < -0.39 is 0 Å². The third kappa shape index (κ3) is 2.69. The molecule has 1 heterocycles. The average molecular weight is 364 g/mol. The molecule has 0 atom stereocenters. The second kappa shape index (κ2) is 5.92. The number of aromatic nitrogens is 1. The summed E-state index contributed by atoms with van der Waals surface area (Å²) in [6.45, 7) is 0. The molecule has 21 heavy (non-hydrogen) atoms. The lowest BCUT2D eigenvalue weighted by atomic mass is 10.1. The van der Waals surface area contributed by atoms with Crippen LogP contribution in [0.1, 0.15) is 0 Å². The quantitative estimate of drug-likeness (QED) is 0.676. The van der Waals surface area contributed by atoms with Gasteiger partial charge in [0.15, 0.2) is 0 Å². The van der Waals surface area contributed by atoms with E-state index in [1.165, 1.54) is 0 Å². The van der Waals surface area contributed by atoms with Crippen LogP contribution in [0.15, 0.2) is 53.1 Å². The molecule has 0 fully saturated rings. The lowest BCUT2D eigenvalue weighted by molar-refractivity contribution is 0.417. The molecule has 0 saturated carbocycles. The smallest absolute Gasteiger partial charge is 0.142 e. The van der Waals surface area contributed by atoms with Gasteiger partial charge >= 0.3 is 0 Å². The maximum absolute atomic E-state index is 6.14. The summed E-state index contributed by atoms with van der Waals surface area (Å²) in [6.07, 6.45) is 1.75. The SMILES string of the molecule is COc1ccccc1Nc1nccc2c(Br)c(Cl)ccc12. The van der Waals surface area contributed by atoms with Crippen LogP contribution in [0.2, 0.25) is 5.02 Å². The van der Waals surface area contributed by atoms with E-state index in [-0.39, 0.29) is 0 Å². The van der Waals surface area contributed by atoms with Crippen LogP contribution in [0, 0.1) is 0 Å². The molecule has 0 spiro atoms. The summed E-state index contributed by atoms with van der Waals surface area (Å²) in [5, 5.41) is 5.99. The van der Waals surface area contributed by atoms with Crippen molar-refractivity contribution >= 4 is 49.8 Å². The highest BCUT2D eigenvalue weighted by atomic mass is 79.9. The number of fused-ring (bicyclic) bond motifs is 1. The fourth-order valence-electron chi connectivity index (χ4n) is 2.17. The molecule has 2 aromatic carbocycles. The molecule has 0 radical (unpaired) electrons. The molecule has 0 aliphatic carbocycles. The standard InChI is InChI=1S/C16H12BrClN2O/c1-21-14-5-3-2-4-13(14)20-16-11-6-7-12(18)15(17)10(11)8-9-19-16/h2-9H,1H3,(H,19,20). The van der Waals surface area contributed by atoms with Crippen molar-refractivity contribution in [2.24, 2.45) is 0 Å². The lowest BCUT2D eigenvalue weighted by Crippen LogP contribution is -1.97. The molecule has 1 aromatic heterocycles. The fraction of sp³-hybridized carbons (Fsp3) is 0.0625. The van der Waals surface area contributed by atoms with Crippen LogP contribution in [-0.2, 0) is 0 Å². The molecule has 5 heteroatoms. The predicted octanol–water partition coefficient (Wildman–Crippen LogP) is 5.40. The van der Waals surface area contributed by atoms with Gasteiger partial charge in [-0.15, -0.1) is 0 Å². The van der Waals surface area contributed by atoms with Crippen LogP contribution >= 0.6 is 27.5 Å². The molecule has 0 aliphatic rings. The number of nitrogens with zero attached hydrogens (tertiary/aromatic N) is 1. The van der Waals surface area contributed by atoms with Gasteiger partial charge in [-0.1, -0.05) is 23.7 Å². The fourth-order valence-corrected chi connectivity index (χ4v) is 2.81. The average Bonchev–Trinajstić information content (AvgIpc) is 2.52. The zero-order chi connectivity index (χ0) is 14.8. The molecular weight excluding hydrogens is 352 g/mol. The molecule has 3 rings (SSSR count). The van der Waals surface area contributed by atoms with Crippen LogP contribution in [0.3, 0.4) is 0 Å². The van der Waals surface area contributed by atoms with E-state index in [4.69, 9.17) is 16.3 Å². The van der Waals surface area contributed by atoms with Gasteiger partial charge in [-0.2, -0.15) is 0 Å². The number of halogens is 2. The highest BCUT2D eigenvalue weighted by Crippen LogP contribution is 2.35. The van der Waals surface area contributed by atoms with E-state index >= 15 is 0 Å². The van der Waals surface area contributed by atoms with Crippen LogP contribution in [0.25, 0.3) is 10.8 Å². The van der Waals surface area contributed by atoms with Crippen molar-refractivity contribution in [2.45, 2.75) is 0 Å². The predicted molar refractivity (Wildman–Crippen MR) is 90.7 cm³/mol. The molecule has 3 aromatic rings. The van der Waals surface area contributed by atoms with Gasteiger partial charge in [-0.25, -0.2) is 4.98 Å². The molecule has 3 nitrogen and oxygen atoms in total.